The van der Waals surface area contributed by atoms with Crippen molar-refractivity contribution in [2.45, 2.75) is 25.3 Å². The summed E-state index contributed by atoms with van der Waals surface area (Å²) in [5.41, 5.74) is 0.685. The molecule has 1 fully saturated rings. The Labute approximate surface area is 118 Å². The van der Waals surface area contributed by atoms with E-state index in [1.54, 1.807) is 18.4 Å². The van der Waals surface area contributed by atoms with Crippen molar-refractivity contribution in [3.63, 3.8) is 0 Å². The van der Waals surface area contributed by atoms with Crippen LogP contribution in [0.3, 0.4) is 0 Å². The number of hydrogen-bond acceptors (Lipinski definition) is 6. The van der Waals surface area contributed by atoms with Gasteiger partial charge in [0.2, 0.25) is 0 Å². The van der Waals surface area contributed by atoms with Gasteiger partial charge >= 0.3 is 0 Å². The van der Waals surface area contributed by atoms with Gasteiger partial charge in [0, 0.05) is 24.7 Å². The molecule has 0 saturated carbocycles. The average molecular weight is 304 g/mol. The van der Waals surface area contributed by atoms with Crippen LogP contribution in [0, 0.1) is 6.92 Å². The molecular weight excluding hydrogens is 284 g/mol. The summed E-state index contributed by atoms with van der Waals surface area (Å²) in [5.74, 6) is 0.456. The molecule has 2 heterocycles. The fourth-order valence-electron chi connectivity index (χ4n) is 2.32. The van der Waals surface area contributed by atoms with E-state index >= 15 is 0 Å². The van der Waals surface area contributed by atoms with Crippen molar-refractivity contribution in [2.75, 3.05) is 31.8 Å². The Morgan fingerprint density at radius 2 is 2.16 bits per heavy atom. The minimum absolute atomic E-state index is 0.228. The molecule has 0 bridgehead atoms. The summed E-state index contributed by atoms with van der Waals surface area (Å²) in [6.45, 7) is 3.27. The van der Waals surface area contributed by atoms with E-state index in [2.05, 4.69) is 10.3 Å². The van der Waals surface area contributed by atoms with E-state index in [1.165, 1.54) is 0 Å². The van der Waals surface area contributed by atoms with Crippen LogP contribution in [0.15, 0.2) is 5.38 Å². The lowest BCUT2D eigenvalue weighted by Crippen LogP contribution is -2.49. The highest BCUT2D eigenvalue weighted by Gasteiger charge is 2.40. The molecule has 0 unspecified atom stereocenters. The maximum absolute atomic E-state index is 11.6. The predicted octanol–water partition coefficient (Wildman–Crippen LogP) is 1.09. The van der Waals surface area contributed by atoms with Crippen LogP contribution in [0.1, 0.15) is 23.5 Å². The maximum atomic E-state index is 11.6. The highest BCUT2D eigenvalue weighted by atomic mass is 32.2. The number of aryl methyl sites for hydroxylation is 1. The zero-order chi connectivity index (χ0) is 13.9. The van der Waals surface area contributed by atoms with E-state index in [9.17, 15) is 8.42 Å². The number of nitrogens with zero attached hydrogens (tertiary/aromatic N) is 1. The lowest BCUT2D eigenvalue weighted by Gasteiger charge is -2.36. The zero-order valence-electron chi connectivity index (χ0n) is 11.3. The second-order valence-corrected chi connectivity index (χ2v) is 8.11. The van der Waals surface area contributed by atoms with Crippen LogP contribution in [0.2, 0.25) is 0 Å². The predicted molar refractivity (Wildman–Crippen MR) is 76.3 cm³/mol. The van der Waals surface area contributed by atoms with Gasteiger partial charge in [0.15, 0.2) is 0 Å². The molecule has 1 aromatic rings. The fourth-order valence-corrected chi connectivity index (χ4v) is 4.88. The third-order valence-electron chi connectivity index (χ3n) is 3.48. The van der Waals surface area contributed by atoms with Crippen LogP contribution in [-0.4, -0.2) is 45.2 Å². The minimum Gasteiger partial charge on any atom is -0.383 e. The van der Waals surface area contributed by atoms with Gasteiger partial charge in [0.05, 0.1) is 23.7 Å². The highest BCUT2D eigenvalue weighted by molar-refractivity contribution is 7.91. The Kier molecular flexibility index (Phi) is 4.60. The Balaban J connectivity index is 2.19. The van der Waals surface area contributed by atoms with Crippen molar-refractivity contribution in [3.05, 3.63) is 16.1 Å². The maximum Gasteiger partial charge on any atom is 0.150 e. The number of nitrogens with one attached hydrogen (secondary N) is 1. The summed E-state index contributed by atoms with van der Waals surface area (Å²) < 4.78 is 28.3. The van der Waals surface area contributed by atoms with Gasteiger partial charge in [-0.25, -0.2) is 13.4 Å². The molecule has 1 N–H and O–H groups in total. The molecule has 1 aromatic heterocycles. The first-order chi connectivity index (χ1) is 8.97. The molecule has 0 radical (unpaired) electrons. The number of aromatic nitrogens is 1. The van der Waals surface area contributed by atoms with Gasteiger partial charge < -0.3 is 10.1 Å². The van der Waals surface area contributed by atoms with E-state index in [0.717, 1.165) is 10.7 Å². The summed E-state index contributed by atoms with van der Waals surface area (Å²) in [5, 5.41) is 6.47. The first-order valence-electron chi connectivity index (χ1n) is 6.34. The summed E-state index contributed by atoms with van der Waals surface area (Å²) in [7, 11) is -1.22. The highest BCUT2D eigenvalue weighted by Crippen LogP contribution is 2.35. The average Bonchev–Trinajstić information content (AvgIpc) is 2.79. The van der Waals surface area contributed by atoms with Gasteiger partial charge in [-0.05, 0) is 19.8 Å². The van der Waals surface area contributed by atoms with Gasteiger partial charge in [-0.15, -0.1) is 11.3 Å². The van der Waals surface area contributed by atoms with Crippen LogP contribution in [0.5, 0.6) is 0 Å². The molecule has 1 aliphatic rings. The molecule has 1 saturated heterocycles. The van der Waals surface area contributed by atoms with Gasteiger partial charge in [-0.3, -0.25) is 0 Å². The quantitative estimate of drug-likeness (QED) is 0.825. The number of sulfone groups is 1. The molecule has 1 aliphatic heterocycles. The number of methoxy groups -OCH3 is 1. The molecule has 19 heavy (non-hydrogen) atoms. The molecule has 108 valence electrons. The van der Waals surface area contributed by atoms with E-state index in [1.807, 2.05) is 12.3 Å². The normalized spacial score (nSPS) is 21.4. The molecule has 0 amide bonds. The Morgan fingerprint density at radius 1 is 1.47 bits per heavy atom. The third-order valence-corrected chi connectivity index (χ3v) is 6.29. The van der Waals surface area contributed by atoms with Gasteiger partial charge in [0.25, 0.3) is 0 Å². The molecule has 0 atom stereocenters. The Hall–Kier alpha value is -0.500. The Bertz CT molecular complexity index is 511. The largest absolute Gasteiger partial charge is 0.383 e. The van der Waals surface area contributed by atoms with Crippen molar-refractivity contribution < 1.29 is 13.2 Å². The van der Waals surface area contributed by atoms with Crippen molar-refractivity contribution in [2.24, 2.45) is 0 Å². The molecule has 2 rings (SSSR count). The Morgan fingerprint density at radius 3 is 2.68 bits per heavy atom. The van der Waals surface area contributed by atoms with Crippen molar-refractivity contribution >= 4 is 21.2 Å². The molecule has 0 aromatic carbocycles. The van der Waals surface area contributed by atoms with E-state index in [0.29, 0.717) is 26.0 Å². The summed E-state index contributed by atoms with van der Waals surface area (Å²) in [4.78, 5) is 4.55. The van der Waals surface area contributed by atoms with Crippen LogP contribution in [0.25, 0.3) is 0 Å². The molecular formula is C12H20N2O3S2. The van der Waals surface area contributed by atoms with Crippen molar-refractivity contribution in [1.82, 2.24) is 10.3 Å². The van der Waals surface area contributed by atoms with E-state index < -0.39 is 9.84 Å². The summed E-state index contributed by atoms with van der Waals surface area (Å²) in [6, 6.07) is 0. The third kappa shape index (κ3) is 3.53. The van der Waals surface area contributed by atoms with Crippen molar-refractivity contribution in [3.8, 4) is 0 Å². The lowest BCUT2D eigenvalue weighted by molar-refractivity contribution is 0.179. The van der Waals surface area contributed by atoms with Gasteiger partial charge in [-0.1, -0.05) is 0 Å². The zero-order valence-corrected chi connectivity index (χ0v) is 12.9. The first kappa shape index (κ1) is 14.9. The topological polar surface area (TPSA) is 68.3 Å². The second-order valence-electron chi connectivity index (χ2n) is 4.95. The number of ether oxygens (including phenoxy) is 1. The second kappa shape index (κ2) is 5.87. The molecule has 0 spiro atoms. The van der Waals surface area contributed by atoms with Gasteiger partial charge in [0.1, 0.15) is 14.8 Å². The van der Waals surface area contributed by atoms with E-state index in [4.69, 9.17) is 4.74 Å². The fraction of sp³-hybridized carbons (Fsp3) is 0.750. The summed E-state index contributed by atoms with van der Waals surface area (Å²) >= 11 is 1.60. The molecule has 5 nitrogen and oxygen atoms in total. The SMILES string of the molecule is COCCNC1(c2nc(C)cs2)CCS(=O)(=O)CC1. The van der Waals surface area contributed by atoms with Gasteiger partial charge in [-0.2, -0.15) is 0 Å². The van der Waals surface area contributed by atoms with E-state index in [-0.39, 0.29) is 17.0 Å². The standard InChI is InChI=1S/C12H20N2O3S2/c1-10-9-18-11(14-10)12(13-5-6-17-2)3-7-19(15,16)8-4-12/h9,13H,3-8H2,1-2H3. The van der Waals surface area contributed by atoms with Crippen LogP contribution >= 0.6 is 11.3 Å². The van der Waals surface area contributed by atoms with Crippen LogP contribution < -0.4 is 5.32 Å². The monoisotopic (exact) mass is 304 g/mol. The van der Waals surface area contributed by atoms with Crippen LogP contribution in [-0.2, 0) is 20.1 Å². The van der Waals surface area contributed by atoms with Crippen molar-refractivity contribution in [1.29, 1.82) is 0 Å². The lowest BCUT2D eigenvalue weighted by atomic mass is 9.93. The first-order valence-corrected chi connectivity index (χ1v) is 9.05. The number of thiazole rings is 1. The number of rotatable bonds is 5. The summed E-state index contributed by atoms with van der Waals surface area (Å²) in [6.07, 6.45) is 1.18. The number of hydrogen-bond donors (Lipinski definition) is 1. The molecule has 7 heteroatoms. The minimum atomic E-state index is -2.88. The molecule has 0 aliphatic carbocycles. The van der Waals surface area contributed by atoms with Crippen LogP contribution in [0.4, 0.5) is 0 Å². The smallest absolute Gasteiger partial charge is 0.150 e.